The molecule has 98 valence electrons. The molecule has 1 aromatic rings. The van der Waals surface area contributed by atoms with Gasteiger partial charge in [0.05, 0.1) is 13.2 Å². The van der Waals surface area contributed by atoms with E-state index in [4.69, 9.17) is 9.47 Å². The van der Waals surface area contributed by atoms with Crippen LogP contribution in [0.1, 0.15) is 18.9 Å². The van der Waals surface area contributed by atoms with Crippen molar-refractivity contribution in [1.29, 1.82) is 0 Å². The van der Waals surface area contributed by atoms with Crippen molar-refractivity contribution in [2.45, 2.75) is 18.8 Å². The van der Waals surface area contributed by atoms with E-state index in [1.165, 1.54) is 0 Å². The van der Waals surface area contributed by atoms with E-state index in [-0.39, 0.29) is 5.92 Å². The predicted molar refractivity (Wildman–Crippen MR) is 66.9 cm³/mol. The topological polar surface area (TPSA) is 55.8 Å². The van der Waals surface area contributed by atoms with Crippen molar-refractivity contribution in [3.8, 4) is 5.75 Å². The highest BCUT2D eigenvalue weighted by Crippen LogP contribution is 2.44. The Hall–Kier alpha value is -1.55. The lowest BCUT2D eigenvalue weighted by atomic mass is 9.68. The lowest BCUT2D eigenvalue weighted by Gasteiger charge is -2.39. The third-order valence-electron chi connectivity index (χ3n) is 3.76. The molecule has 0 aliphatic carbocycles. The second-order valence-electron chi connectivity index (χ2n) is 4.73. The van der Waals surface area contributed by atoms with Gasteiger partial charge in [0.1, 0.15) is 11.2 Å². The highest BCUT2D eigenvalue weighted by atomic mass is 16.5. The smallest absolute Gasteiger partial charge is 0.314 e. The molecule has 18 heavy (non-hydrogen) atoms. The molecule has 4 nitrogen and oxygen atoms in total. The zero-order valence-electron chi connectivity index (χ0n) is 10.7. The Labute approximate surface area is 107 Å². The zero-order valence-corrected chi connectivity index (χ0v) is 10.7. The van der Waals surface area contributed by atoms with E-state index in [1.807, 2.05) is 31.2 Å². The highest BCUT2D eigenvalue weighted by molar-refractivity contribution is 5.83. The number of carboxylic acid groups (broad SMARTS) is 1. The summed E-state index contributed by atoms with van der Waals surface area (Å²) in [5, 5.41) is 9.72. The van der Waals surface area contributed by atoms with Crippen LogP contribution in [0.15, 0.2) is 24.3 Å². The van der Waals surface area contributed by atoms with Crippen molar-refractivity contribution in [1.82, 2.24) is 0 Å². The first-order valence-electron chi connectivity index (χ1n) is 6.07. The molecule has 0 aromatic heterocycles. The lowest BCUT2D eigenvalue weighted by molar-refractivity contribution is -0.148. The number of para-hydroxylation sites is 1. The molecule has 0 fully saturated rings. The van der Waals surface area contributed by atoms with E-state index in [1.54, 1.807) is 7.11 Å². The first kappa shape index (κ1) is 12.9. The highest BCUT2D eigenvalue weighted by Gasteiger charge is 2.48. The Morgan fingerprint density at radius 1 is 1.56 bits per heavy atom. The van der Waals surface area contributed by atoms with Crippen molar-refractivity contribution in [2.75, 3.05) is 20.3 Å². The van der Waals surface area contributed by atoms with Crippen molar-refractivity contribution < 1.29 is 19.4 Å². The standard InChI is InChI=1S/C14H18O4/c1-10(9-17-2)14(13(15)16)7-8-18-12-6-4-3-5-11(12)14/h3-6,10H,7-9H2,1-2H3,(H,15,16). The van der Waals surface area contributed by atoms with Crippen molar-refractivity contribution in [3.05, 3.63) is 29.8 Å². The molecule has 4 heteroatoms. The number of hydrogen-bond donors (Lipinski definition) is 1. The quantitative estimate of drug-likeness (QED) is 0.888. The number of hydrogen-bond acceptors (Lipinski definition) is 3. The first-order valence-corrected chi connectivity index (χ1v) is 6.07. The predicted octanol–water partition coefficient (Wildman–Crippen LogP) is 2.07. The number of carboxylic acids is 1. The Balaban J connectivity index is 2.52. The van der Waals surface area contributed by atoms with Gasteiger partial charge in [-0.25, -0.2) is 0 Å². The minimum absolute atomic E-state index is 0.106. The molecular formula is C14H18O4. The maximum Gasteiger partial charge on any atom is 0.314 e. The molecule has 2 unspecified atom stereocenters. The van der Waals surface area contributed by atoms with Crippen LogP contribution in [0.2, 0.25) is 0 Å². The van der Waals surface area contributed by atoms with Crippen molar-refractivity contribution in [3.63, 3.8) is 0 Å². The van der Waals surface area contributed by atoms with Crippen LogP contribution in [-0.2, 0) is 14.9 Å². The van der Waals surface area contributed by atoms with Gasteiger partial charge in [0, 0.05) is 19.1 Å². The number of benzene rings is 1. The molecule has 0 spiro atoms. The summed E-state index contributed by atoms with van der Waals surface area (Å²) in [6.07, 6.45) is 0.476. The summed E-state index contributed by atoms with van der Waals surface area (Å²) < 4.78 is 10.7. The first-order chi connectivity index (χ1) is 8.63. The SMILES string of the molecule is COCC(C)C1(C(=O)O)CCOc2ccccc21. The van der Waals surface area contributed by atoms with E-state index in [9.17, 15) is 9.90 Å². The van der Waals surface area contributed by atoms with Crippen LogP contribution in [0.5, 0.6) is 5.75 Å². The fourth-order valence-corrected chi connectivity index (χ4v) is 2.75. The fourth-order valence-electron chi connectivity index (χ4n) is 2.75. The molecule has 1 aliphatic rings. The van der Waals surface area contributed by atoms with Crippen LogP contribution in [-0.4, -0.2) is 31.4 Å². The Morgan fingerprint density at radius 3 is 2.94 bits per heavy atom. The van der Waals surface area contributed by atoms with Gasteiger partial charge < -0.3 is 14.6 Å². The van der Waals surface area contributed by atoms with Crippen LogP contribution in [0, 0.1) is 5.92 Å². The molecule has 1 N–H and O–H groups in total. The van der Waals surface area contributed by atoms with Gasteiger partial charge in [0.25, 0.3) is 0 Å². The largest absolute Gasteiger partial charge is 0.493 e. The van der Waals surface area contributed by atoms with Crippen molar-refractivity contribution in [2.24, 2.45) is 5.92 Å². The Morgan fingerprint density at radius 2 is 2.28 bits per heavy atom. The van der Waals surface area contributed by atoms with E-state index < -0.39 is 11.4 Å². The number of rotatable bonds is 4. The summed E-state index contributed by atoms with van der Waals surface area (Å²) >= 11 is 0. The van der Waals surface area contributed by atoms with Gasteiger partial charge in [-0.05, 0) is 12.0 Å². The number of carbonyl (C=O) groups is 1. The third-order valence-corrected chi connectivity index (χ3v) is 3.76. The Bertz CT molecular complexity index is 443. The molecule has 2 atom stereocenters. The Kier molecular flexibility index (Phi) is 3.57. The van der Waals surface area contributed by atoms with Gasteiger partial charge in [-0.1, -0.05) is 25.1 Å². The van der Waals surface area contributed by atoms with Gasteiger partial charge in [-0.3, -0.25) is 4.79 Å². The van der Waals surface area contributed by atoms with Gasteiger partial charge in [0.15, 0.2) is 0 Å². The molecule has 0 bridgehead atoms. The average molecular weight is 250 g/mol. The van der Waals surface area contributed by atoms with Gasteiger partial charge in [-0.15, -0.1) is 0 Å². The monoisotopic (exact) mass is 250 g/mol. The summed E-state index contributed by atoms with van der Waals surface area (Å²) in [6, 6.07) is 7.38. The second-order valence-corrected chi connectivity index (χ2v) is 4.73. The second kappa shape index (κ2) is 4.98. The molecule has 1 aromatic carbocycles. The average Bonchev–Trinajstić information content (AvgIpc) is 2.37. The van der Waals surface area contributed by atoms with E-state index >= 15 is 0 Å². The van der Waals surface area contributed by atoms with Gasteiger partial charge >= 0.3 is 5.97 Å². The summed E-state index contributed by atoms with van der Waals surface area (Å²) in [6.45, 7) is 2.76. The molecule has 0 radical (unpaired) electrons. The molecule has 1 heterocycles. The summed E-state index contributed by atoms with van der Waals surface area (Å²) in [7, 11) is 1.59. The number of aliphatic carboxylic acids is 1. The fraction of sp³-hybridized carbons (Fsp3) is 0.500. The van der Waals surface area contributed by atoms with E-state index in [0.29, 0.717) is 25.4 Å². The van der Waals surface area contributed by atoms with Crippen LogP contribution in [0.25, 0.3) is 0 Å². The molecular weight excluding hydrogens is 232 g/mol. The maximum absolute atomic E-state index is 11.8. The van der Waals surface area contributed by atoms with Gasteiger partial charge in [-0.2, -0.15) is 0 Å². The van der Waals surface area contributed by atoms with E-state index in [0.717, 1.165) is 5.56 Å². The molecule has 1 aliphatic heterocycles. The molecule has 0 saturated carbocycles. The van der Waals surface area contributed by atoms with Gasteiger partial charge in [0.2, 0.25) is 0 Å². The summed E-state index contributed by atoms with van der Waals surface area (Å²) in [4.78, 5) is 11.8. The van der Waals surface area contributed by atoms with Crippen LogP contribution in [0.3, 0.4) is 0 Å². The maximum atomic E-state index is 11.8. The number of methoxy groups -OCH3 is 1. The van der Waals surface area contributed by atoms with E-state index in [2.05, 4.69) is 0 Å². The van der Waals surface area contributed by atoms with Crippen LogP contribution in [0.4, 0.5) is 0 Å². The zero-order chi connectivity index (χ0) is 13.2. The lowest BCUT2D eigenvalue weighted by Crippen LogP contribution is -2.47. The molecule has 0 amide bonds. The number of ether oxygens (including phenoxy) is 2. The minimum Gasteiger partial charge on any atom is -0.493 e. The van der Waals surface area contributed by atoms with Crippen LogP contribution >= 0.6 is 0 Å². The minimum atomic E-state index is -0.912. The third kappa shape index (κ3) is 1.86. The number of fused-ring (bicyclic) bond motifs is 1. The van der Waals surface area contributed by atoms with Crippen LogP contribution < -0.4 is 4.74 Å². The van der Waals surface area contributed by atoms with Crippen molar-refractivity contribution >= 4 is 5.97 Å². The summed E-state index contributed by atoms with van der Waals surface area (Å²) in [5.41, 5.74) is -0.154. The normalized spacial score (nSPS) is 23.9. The molecule has 2 rings (SSSR count). The molecule has 0 saturated heterocycles. The summed E-state index contributed by atoms with van der Waals surface area (Å²) in [5.74, 6) is -0.234.